The molecule has 1 atom stereocenters. The lowest BCUT2D eigenvalue weighted by Crippen LogP contribution is -2.10. The van der Waals surface area contributed by atoms with Crippen molar-refractivity contribution in [2.24, 2.45) is 0 Å². The third-order valence-corrected chi connectivity index (χ3v) is 4.04. The van der Waals surface area contributed by atoms with Crippen molar-refractivity contribution in [3.8, 4) is 0 Å². The van der Waals surface area contributed by atoms with Gasteiger partial charge in [0.25, 0.3) is 0 Å². The molecule has 1 saturated heterocycles. The molecule has 4 nitrogen and oxygen atoms in total. The number of aromatic nitrogens is 2. The topological polar surface area (TPSA) is 51.0 Å². The first-order valence-corrected chi connectivity index (χ1v) is 7.10. The summed E-state index contributed by atoms with van der Waals surface area (Å²) in [6.45, 7) is 1.00. The van der Waals surface area contributed by atoms with Gasteiger partial charge in [-0.25, -0.2) is 0 Å². The first-order valence-electron chi connectivity index (χ1n) is 5.95. The number of nitrogens with one attached hydrogen (secondary N) is 1. The van der Waals surface area contributed by atoms with E-state index < -0.39 is 0 Å². The molecule has 2 heterocycles. The van der Waals surface area contributed by atoms with Gasteiger partial charge in [0.05, 0.1) is 0 Å². The van der Waals surface area contributed by atoms with Gasteiger partial charge in [0, 0.05) is 18.1 Å². The lowest BCUT2D eigenvalue weighted by atomic mass is 10.1. The van der Waals surface area contributed by atoms with E-state index in [0.717, 1.165) is 36.9 Å². The van der Waals surface area contributed by atoms with Crippen molar-refractivity contribution in [2.75, 3.05) is 25.1 Å². The van der Waals surface area contributed by atoms with Crippen molar-refractivity contribution in [1.29, 1.82) is 0 Å². The van der Waals surface area contributed by atoms with Crippen LogP contribution in [0.3, 0.4) is 0 Å². The summed E-state index contributed by atoms with van der Waals surface area (Å²) >= 11 is 1.99. The second kappa shape index (κ2) is 6.25. The van der Waals surface area contributed by atoms with Crippen molar-refractivity contribution < 1.29 is 4.52 Å². The molecule has 1 unspecified atom stereocenters. The van der Waals surface area contributed by atoms with Crippen molar-refractivity contribution in [3.05, 3.63) is 11.7 Å². The highest BCUT2D eigenvalue weighted by Crippen LogP contribution is 2.30. The van der Waals surface area contributed by atoms with Crippen LogP contribution in [0.25, 0.3) is 0 Å². The van der Waals surface area contributed by atoms with E-state index in [2.05, 4.69) is 15.5 Å². The average Bonchev–Trinajstić information content (AvgIpc) is 2.79. The van der Waals surface area contributed by atoms with Crippen LogP contribution >= 0.6 is 11.8 Å². The Morgan fingerprint density at radius 3 is 3.25 bits per heavy atom. The van der Waals surface area contributed by atoms with Crippen molar-refractivity contribution in [2.45, 2.75) is 31.6 Å². The Morgan fingerprint density at radius 2 is 2.50 bits per heavy atom. The molecule has 0 spiro atoms. The number of rotatable bonds is 5. The first kappa shape index (κ1) is 11.9. The van der Waals surface area contributed by atoms with Gasteiger partial charge in [-0.15, -0.1) is 0 Å². The zero-order valence-electron chi connectivity index (χ0n) is 9.74. The van der Waals surface area contributed by atoms with Crippen molar-refractivity contribution in [3.63, 3.8) is 0 Å². The van der Waals surface area contributed by atoms with Crippen LogP contribution in [0.1, 0.15) is 36.9 Å². The van der Waals surface area contributed by atoms with Crippen molar-refractivity contribution >= 4 is 11.8 Å². The minimum absolute atomic E-state index is 0.490. The fourth-order valence-electron chi connectivity index (χ4n) is 1.89. The van der Waals surface area contributed by atoms with Crippen LogP contribution in [0, 0.1) is 0 Å². The summed E-state index contributed by atoms with van der Waals surface area (Å²) < 4.78 is 5.34. The molecule has 1 N–H and O–H groups in total. The molecule has 0 aliphatic carbocycles. The first-order chi connectivity index (χ1) is 7.90. The molecule has 2 rings (SSSR count). The summed E-state index contributed by atoms with van der Waals surface area (Å²) in [6, 6.07) is 0. The molecular weight excluding hydrogens is 222 g/mol. The molecule has 1 aromatic heterocycles. The molecule has 5 heteroatoms. The van der Waals surface area contributed by atoms with Gasteiger partial charge < -0.3 is 9.84 Å². The molecule has 90 valence electrons. The van der Waals surface area contributed by atoms with Crippen LogP contribution in [0.5, 0.6) is 0 Å². The SMILES string of the molecule is CNCCCc1noc(C2CCCSC2)n1. The van der Waals surface area contributed by atoms with Gasteiger partial charge in [-0.2, -0.15) is 16.7 Å². The molecule has 1 fully saturated rings. The summed E-state index contributed by atoms with van der Waals surface area (Å²) in [5, 5.41) is 7.16. The Hall–Kier alpha value is -0.550. The molecule has 1 aromatic rings. The van der Waals surface area contributed by atoms with Crippen LogP contribution in [0.2, 0.25) is 0 Å². The normalized spacial score (nSPS) is 21.2. The molecule has 1 aliphatic rings. The predicted octanol–water partition coefficient (Wildman–Crippen LogP) is 1.83. The Bertz CT molecular complexity index is 310. The lowest BCUT2D eigenvalue weighted by Gasteiger charge is -2.16. The predicted molar refractivity (Wildman–Crippen MR) is 65.8 cm³/mol. The molecule has 0 bridgehead atoms. The number of hydrogen-bond donors (Lipinski definition) is 1. The maximum Gasteiger partial charge on any atom is 0.230 e. The van der Waals surface area contributed by atoms with Crippen molar-refractivity contribution in [1.82, 2.24) is 15.5 Å². The second-order valence-electron chi connectivity index (χ2n) is 4.17. The Labute approximate surface area is 101 Å². The fourth-order valence-corrected chi connectivity index (χ4v) is 3.02. The molecule has 0 radical (unpaired) electrons. The summed E-state index contributed by atoms with van der Waals surface area (Å²) in [7, 11) is 1.96. The van der Waals surface area contributed by atoms with E-state index in [1.54, 1.807) is 0 Å². The maximum atomic E-state index is 5.34. The van der Waals surface area contributed by atoms with Gasteiger partial charge in [0.15, 0.2) is 5.82 Å². The van der Waals surface area contributed by atoms with Crippen LogP contribution in [0.4, 0.5) is 0 Å². The van der Waals surface area contributed by atoms with E-state index in [9.17, 15) is 0 Å². The van der Waals surface area contributed by atoms with E-state index in [1.165, 1.54) is 18.6 Å². The standard InChI is InChI=1S/C11H19N3OS/c1-12-6-2-5-10-13-11(15-14-10)9-4-3-7-16-8-9/h9,12H,2-8H2,1H3. The van der Waals surface area contributed by atoms with Gasteiger partial charge in [-0.3, -0.25) is 0 Å². The fraction of sp³-hybridized carbons (Fsp3) is 0.818. The zero-order valence-corrected chi connectivity index (χ0v) is 10.6. The largest absolute Gasteiger partial charge is 0.339 e. The van der Waals surface area contributed by atoms with Gasteiger partial charge in [-0.1, -0.05) is 5.16 Å². The molecule has 0 amide bonds. The number of aryl methyl sites for hydroxylation is 1. The quantitative estimate of drug-likeness (QED) is 0.797. The second-order valence-corrected chi connectivity index (χ2v) is 5.32. The lowest BCUT2D eigenvalue weighted by molar-refractivity contribution is 0.349. The maximum absolute atomic E-state index is 5.34. The van der Waals surface area contributed by atoms with Gasteiger partial charge >= 0.3 is 0 Å². The number of nitrogens with zero attached hydrogens (tertiary/aromatic N) is 2. The average molecular weight is 241 g/mol. The van der Waals surface area contributed by atoms with Gasteiger partial charge in [0.1, 0.15) is 0 Å². The van der Waals surface area contributed by atoms with Crippen LogP contribution in [-0.2, 0) is 6.42 Å². The van der Waals surface area contributed by atoms with E-state index in [0.29, 0.717) is 5.92 Å². The Morgan fingerprint density at radius 1 is 1.56 bits per heavy atom. The Balaban J connectivity index is 1.85. The third kappa shape index (κ3) is 3.22. The smallest absolute Gasteiger partial charge is 0.230 e. The third-order valence-electron chi connectivity index (χ3n) is 2.82. The summed E-state index contributed by atoms with van der Waals surface area (Å²) in [5.74, 6) is 4.62. The number of hydrogen-bond acceptors (Lipinski definition) is 5. The molecule has 1 aliphatic heterocycles. The van der Waals surface area contributed by atoms with Crippen LogP contribution in [0.15, 0.2) is 4.52 Å². The number of thioether (sulfide) groups is 1. The monoisotopic (exact) mass is 241 g/mol. The van der Waals surface area contributed by atoms with E-state index >= 15 is 0 Å². The highest BCUT2D eigenvalue weighted by atomic mass is 32.2. The van der Waals surface area contributed by atoms with Crippen LogP contribution < -0.4 is 5.32 Å². The summed E-state index contributed by atoms with van der Waals surface area (Å²) in [6.07, 6.45) is 4.44. The molecule has 16 heavy (non-hydrogen) atoms. The van der Waals surface area contributed by atoms with Crippen LogP contribution in [-0.4, -0.2) is 35.2 Å². The van der Waals surface area contributed by atoms with E-state index in [4.69, 9.17) is 4.52 Å². The highest BCUT2D eigenvalue weighted by Gasteiger charge is 2.21. The Kier molecular flexibility index (Phi) is 4.66. The molecular formula is C11H19N3OS. The highest BCUT2D eigenvalue weighted by molar-refractivity contribution is 7.99. The minimum Gasteiger partial charge on any atom is -0.339 e. The molecule has 0 saturated carbocycles. The van der Waals surface area contributed by atoms with E-state index in [-0.39, 0.29) is 0 Å². The summed E-state index contributed by atoms with van der Waals surface area (Å²) in [4.78, 5) is 4.49. The molecule has 0 aromatic carbocycles. The summed E-state index contributed by atoms with van der Waals surface area (Å²) in [5.41, 5.74) is 0. The minimum atomic E-state index is 0.490. The van der Waals surface area contributed by atoms with Gasteiger partial charge in [0.2, 0.25) is 5.89 Å². The van der Waals surface area contributed by atoms with Gasteiger partial charge in [-0.05, 0) is 38.6 Å². The van der Waals surface area contributed by atoms with E-state index in [1.807, 2.05) is 18.8 Å². The zero-order chi connectivity index (χ0) is 11.2.